The molecule has 2 amide bonds. The molecule has 0 heterocycles. The highest BCUT2D eigenvalue weighted by atomic mass is 16.5. The zero-order valence-electron chi connectivity index (χ0n) is 11.1. The van der Waals surface area contributed by atoms with E-state index in [1.807, 2.05) is 0 Å². The Balaban J connectivity index is 1.89. The Morgan fingerprint density at radius 3 is 2.65 bits per heavy atom. The van der Waals surface area contributed by atoms with Crippen LogP contribution in [0.15, 0.2) is 24.3 Å². The van der Waals surface area contributed by atoms with Gasteiger partial charge in [0.05, 0.1) is 12.7 Å². The number of carbonyl (C=O) groups excluding carboxylic acids is 3. The summed E-state index contributed by atoms with van der Waals surface area (Å²) in [6.45, 7) is 0. The molecule has 1 aliphatic rings. The SMILES string of the molecule is COC(=O)c1cccc(NC(=O)CC(=O)NC2CC2)c1. The second-order valence-electron chi connectivity index (χ2n) is 4.64. The molecule has 0 bridgehead atoms. The molecule has 0 radical (unpaired) electrons. The summed E-state index contributed by atoms with van der Waals surface area (Å²) < 4.78 is 4.60. The standard InChI is InChI=1S/C14H16N2O4/c1-20-14(19)9-3-2-4-11(7-9)16-13(18)8-12(17)15-10-5-6-10/h2-4,7,10H,5-6,8H2,1H3,(H,15,17)(H,16,18). The molecule has 6 heteroatoms. The Hall–Kier alpha value is -2.37. The number of anilines is 1. The van der Waals surface area contributed by atoms with Crippen LogP contribution in [0.5, 0.6) is 0 Å². The van der Waals surface area contributed by atoms with Crippen LogP contribution >= 0.6 is 0 Å². The van der Waals surface area contributed by atoms with E-state index in [2.05, 4.69) is 15.4 Å². The second-order valence-corrected chi connectivity index (χ2v) is 4.64. The molecule has 1 aromatic carbocycles. The van der Waals surface area contributed by atoms with Crippen molar-refractivity contribution >= 4 is 23.5 Å². The Labute approximate surface area is 116 Å². The van der Waals surface area contributed by atoms with Crippen molar-refractivity contribution in [3.05, 3.63) is 29.8 Å². The van der Waals surface area contributed by atoms with Gasteiger partial charge in [0, 0.05) is 11.7 Å². The maximum atomic E-state index is 11.7. The molecule has 0 spiro atoms. The average molecular weight is 276 g/mol. The summed E-state index contributed by atoms with van der Waals surface area (Å²) in [4.78, 5) is 34.5. The zero-order chi connectivity index (χ0) is 14.5. The maximum Gasteiger partial charge on any atom is 0.337 e. The highest BCUT2D eigenvalue weighted by Gasteiger charge is 2.24. The van der Waals surface area contributed by atoms with Crippen LogP contribution in [0.2, 0.25) is 0 Å². The largest absolute Gasteiger partial charge is 0.465 e. The third-order valence-electron chi connectivity index (χ3n) is 2.83. The molecule has 1 aliphatic carbocycles. The molecular weight excluding hydrogens is 260 g/mol. The lowest BCUT2D eigenvalue weighted by Crippen LogP contribution is -2.29. The summed E-state index contributed by atoms with van der Waals surface area (Å²) in [5, 5.41) is 5.31. The molecule has 1 fully saturated rings. The van der Waals surface area contributed by atoms with Gasteiger partial charge in [-0.15, -0.1) is 0 Å². The molecule has 106 valence electrons. The van der Waals surface area contributed by atoms with Crippen LogP contribution in [0.25, 0.3) is 0 Å². The number of hydrogen-bond donors (Lipinski definition) is 2. The maximum absolute atomic E-state index is 11.7. The van der Waals surface area contributed by atoms with Crippen LogP contribution in [0, 0.1) is 0 Å². The third kappa shape index (κ3) is 4.08. The number of ether oxygens (including phenoxy) is 1. The van der Waals surface area contributed by atoms with Crippen LogP contribution in [0.3, 0.4) is 0 Å². The molecule has 1 saturated carbocycles. The predicted molar refractivity (Wildman–Crippen MR) is 72.2 cm³/mol. The van der Waals surface area contributed by atoms with Crippen molar-refractivity contribution in [2.24, 2.45) is 0 Å². The zero-order valence-corrected chi connectivity index (χ0v) is 11.1. The minimum atomic E-state index is -0.479. The highest BCUT2D eigenvalue weighted by Crippen LogP contribution is 2.18. The Morgan fingerprint density at radius 2 is 2.00 bits per heavy atom. The molecule has 2 N–H and O–H groups in total. The molecular formula is C14H16N2O4. The van der Waals surface area contributed by atoms with Gasteiger partial charge in [-0.2, -0.15) is 0 Å². The van der Waals surface area contributed by atoms with Gasteiger partial charge in [0.15, 0.2) is 0 Å². The van der Waals surface area contributed by atoms with Crippen molar-refractivity contribution in [3.8, 4) is 0 Å². The minimum absolute atomic E-state index is 0.223. The van der Waals surface area contributed by atoms with Gasteiger partial charge in [0.2, 0.25) is 11.8 Å². The number of amides is 2. The smallest absolute Gasteiger partial charge is 0.337 e. The first-order valence-corrected chi connectivity index (χ1v) is 6.36. The number of carbonyl (C=O) groups is 3. The fraction of sp³-hybridized carbons (Fsp3) is 0.357. The monoisotopic (exact) mass is 276 g/mol. The van der Waals surface area contributed by atoms with Crippen LogP contribution in [0.1, 0.15) is 29.6 Å². The lowest BCUT2D eigenvalue weighted by molar-refractivity contribution is -0.126. The fourth-order valence-corrected chi connectivity index (χ4v) is 1.70. The van der Waals surface area contributed by atoms with Crippen LogP contribution in [-0.2, 0) is 14.3 Å². The lowest BCUT2D eigenvalue weighted by atomic mass is 10.2. The molecule has 2 rings (SSSR count). The Kier molecular flexibility index (Phi) is 4.34. The van der Waals surface area contributed by atoms with Gasteiger partial charge in [-0.1, -0.05) is 6.07 Å². The van der Waals surface area contributed by atoms with Gasteiger partial charge in [-0.3, -0.25) is 9.59 Å². The van der Waals surface area contributed by atoms with Gasteiger partial charge in [0.1, 0.15) is 6.42 Å². The number of rotatable bonds is 5. The van der Waals surface area contributed by atoms with Crippen molar-refractivity contribution in [2.45, 2.75) is 25.3 Å². The van der Waals surface area contributed by atoms with E-state index in [1.165, 1.54) is 13.2 Å². The van der Waals surface area contributed by atoms with E-state index in [4.69, 9.17) is 0 Å². The van der Waals surface area contributed by atoms with Crippen LogP contribution < -0.4 is 10.6 Å². The number of benzene rings is 1. The molecule has 0 aromatic heterocycles. The summed E-state index contributed by atoms with van der Waals surface area (Å²) >= 11 is 0. The van der Waals surface area contributed by atoms with Gasteiger partial charge in [-0.25, -0.2) is 4.79 Å². The highest BCUT2D eigenvalue weighted by molar-refractivity contribution is 6.04. The first-order valence-electron chi connectivity index (χ1n) is 6.36. The normalized spacial score (nSPS) is 13.4. The lowest BCUT2D eigenvalue weighted by Gasteiger charge is -2.07. The molecule has 0 atom stereocenters. The average Bonchev–Trinajstić information content (AvgIpc) is 3.21. The van der Waals surface area contributed by atoms with E-state index in [9.17, 15) is 14.4 Å². The number of hydrogen-bond acceptors (Lipinski definition) is 4. The van der Waals surface area contributed by atoms with E-state index in [-0.39, 0.29) is 18.4 Å². The Bertz CT molecular complexity index is 538. The van der Waals surface area contributed by atoms with Crippen molar-refractivity contribution in [3.63, 3.8) is 0 Å². The number of nitrogens with one attached hydrogen (secondary N) is 2. The fourth-order valence-electron chi connectivity index (χ4n) is 1.70. The van der Waals surface area contributed by atoms with Gasteiger partial charge in [0.25, 0.3) is 0 Å². The second kappa shape index (κ2) is 6.18. The van der Waals surface area contributed by atoms with Crippen molar-refractivity contribution < 1.29 is 19.1 Å². The third-order valence-corrected chi connectivity index (χ3v) is 2.83. The topological polar surface area (TPSA) is 84.5 Å². The first kappa shape index (κ1) is 14.0. The van der Waals surface area contributed by atoms with Crippen LogP contribution in [0.4, 0.5) is 5.69 Å². The molecule has 6 nitrogen and oxygen atoms in total. The van der Waals surface area contributed by atoms with E-state index in [0.29, 0.717) is 11.3 Å². The van der Waals surface area contributed by atoms with Gasteiger partial charge < -0.3 is 15.4 Å². The summed E-state index contributed by atoms with van der Waals surface area (Å²) in [6, 6.07) is 6.59. The summed E-state index contributed by atoms with van der Waals surface area (Å²) in [6.07, 6.45) is 1.74. The van der Waals surface area contributed by atoms with E-state index in [0.717, 1.165) is 12.8 Å². The summed E-state index contributed by atoms with van der Waals surface area (Å²) in [5.74, 6) is -1.17. The van der Waals surface area contributed by atoms with Crippen molar-refractivity contribution in [1.82, 2.24) is 5.32 Å². The quantitative estimate of drug-likeness (QED) is 0.622. The van der Waals surface area contributed by atoms with Crippen LogP contribution in [-0.4, -0.2) is 30.9 Å². The first-order chi connectivity index (χ1) is 9.58. The number of esters is 1. The summed E-state index contributed by atoms with van der Waals surface area (Å²) in [7, 11) is 1.29. The van der Waals surface area contributed by atoms with Crippen molar-refractivity contribution in [2.75, 3.05) is 12.4 Å². The predicted octanol–water partition coefficient (Wildman–Crippen LogP) is 1.08. The molecule has 0 aliphatic heterocycles. The Morgan fingerprint density at radius 1 is 1.25 bits per heavy atom. The van der Waals surface area contributed by atoms with Crippen molar-refractivity contribution in [1.29, 1.82) is 0 Å². The molecule has 0 unspecified atom stereocenters. The molecule has 20 heavy (non-hydrogen) atoms. The minimum Gasteiger partial charge on any atom is -0.465 e. The van der Waals surface area contributed by atoms with Gasteiger partial charge in [-0.05, 0) is 31.0 Å². The molecule has 1 aromatic rings. The van der Waals surface area contributed by atoms with E-state index >= 15 is 0 Å². The van der Waals surface area contributed by atoms with E-state index < -0.39 is 11.9 Å². The van der Waals surface area contributed by atoms with Gasteiger partial charge >= 0.3 is 5.97 Å². The summed E-state index contributed by atoms with van der Waals surface area (Å²) in [5.41, 5.74) is 0.796. The van der Waals surface area contributed by atoms with E-state index in [1.54, 1.807) is 18.2 Å². The molecule has 0 saturated heterocycles. The number of methoxy groups -OCH3 is 1.